The van der Waals surface area contributed by atoms with Gasteiger partial charge in [0.25, 0.3) is 8.32 Å². The largest absolute Gasteiger partial charge is 0.407 e. The van der Waals surface area contributed by atoms with Crippen molar-refractivity contribution >= 4 is 24.4 Å². The second-order valence-electron chi connectivity index (χ2n) is 8.95. The third-order valence-electron chi connectivity index (χ3n) is 6.15. The average Bonchev–Trinajstić information content (AvgIpc) is 3.12. The average molecular weight is 380 g/mol. The number of rotatable bonds is 6. The number of benzene rings is 2. The van der Waals surface area contributed by atoms with E-state index in [1.165, 1.54) is 23.2 Å². The third kappa shape index (κ3) is 3.95. The third-order valence-corrected chi connectivity index (χ3v) is 11.2. The van der Waals surface area contributed by atoms with Crippen LogP contribution in [0.3, 0.4) is 0 Å². The Morgan fingerprint density at radius 1 is 0.963 bits per heavy atom. The van der Waals surface area contributed by atoms with Gasteiger partial charge in [-0.15, -0.1) is 0 Å². The van der Waals surface area contributed by atoms with E-state index in [0.29, 0.717) is 11.8 Å². The van der Waals surface area contributed by atoms with Crippen LogP contribution in [-0.2, 0) is 4.43 Å². The molecule has 0 heterocycles. The maximum absolute atomic E-state index is 8.16. The molecule has 1 N–H and O–H groups in total. The van der Waals surface area contributed by atoms with E-state index < -0.39 is 8.32 Å². The minimum Gasteiger partial charge on any atom is -0.407 e. The Bertz CT molecular complexity index is 711. The van der Waals surface area contributed by atoms with Crippen molar-refractivity contribution in [3.8, 4) is 0 Å². The van der Waals surface area contributed by atoms with Crippen molar-refractivity contribution in [3.63, 3.8) is 0 Å². The van der Waals surface area contributed by atoms with Gasteiger partial charge in [0.05, 0.1) is 0 Å². The molecule has 1 aliphatic rings. The van der Waals surface area contributed by atoms with Gasteiger partial charge in [-0.25, -0.2) is 0 Å². The molecule has 2 nitrogen and oxygen atoms in total. The van der Waals surface area contributed by atoms with Crippen molar-refractivity contribution in [1.29, 1.82) is 5.41 Å². The second kappa shape index (κ2) is 8.11. The first-order valence-electron chi connectivity index (χ1n) is 10.2. The summed E-state index contributed by atoms with van der Waals surface area (Å²) in [6, 6.07) is 21.7. The molecular weight excluding hydrogens is 346 g/mol. The Morgan fingerprint density at radius 2 is 1.48 bits per heavy atom. The highest BCUT2D eigenvalue weighted by Gasteiger charge is 2.50. The van der Waals surface area contributed by atoms with Crippen molar-refractivity contribution in [2.75, 3.05) is 6.61 Å². The van der Waals surface area contributed by atoms with Crippen LogP contribution < -0.4 is 10.4 Å². The van der Waals surface area contributed by atoms with Gasteiger partial charge in [0.15, 0.2) is 0 Å². The highest BCUT2D eigenvalue weighted by molar-refractivity contribution is 6.99. The predicted molar refractivity (Wildman–Crippen MR) is 118 cm³/mol. The van der Waals surface area contributed by atoms with Crippen LogP contribution in [0.25, 0.3) is 0 Å². The van der Waals surface area contributed by atoms with Crippen LogP contribution in [0.2, 0.25) is 5.04 Å². The van der Waals surface area contributed by atoms with Gasteiger partial charge >= 0.3 is 0 Å². The number of nitrogens with one attached hydrogen (secondary N) is 1. The Labute approximate surface area is 165 Å². The van der Waals surface area contributed by atoms with E-state index in [-0.39, 0.29) is 5.04 Å². The van der Waals surface area contributed by atoms with Crippen LogP contribution in [-0.4, -0.2) is 20.6 Å². The maximum atomic E-state index is 8.16. The van der Waals surface area contributed by atoms with Gasteiger partial charge in [-0.2, -0.15) is 0 Å². The summed E-state index contributed by atoms with van der Waals surface area (Å²) in [6.45, 7) is 9.70. The fourth-order valence-corrected chi connectivity index (χ4v) is 9.42. The van der Waals surface area contributed by atoms with Crippen molar-refractivity contribution < 1.29 is 4.43 Å². The minimum absolute atomic E-state index is 0.0174. The molecule has 0 radical (unpaired) electrons. The molecule has 0 spiro atoms. The SMILES string of the molecule is CC(=N)C1CCCC1CO[Si](c1ccccc1)(c1ccccc1)C(C)(C)C. The molecule has 0 aliphatic heterocycles. The molecule has 3 rings (SSSR count). The summed E-state index contributed by atoms with van der Waals surface area (Å²) in [5, 5.41) is 10.9. The van der Waals surface area contributed by atoms with Gasteiger partial charge < -0.3 is 9.84 Å². The van der Waals surface area contributed by atoms with E-state index in [4.69, 9.17) is 9.84 Å². The molecule has 2 atom stereocenters. The molecule has 1 saturated carbocycles. The zero-order valence-corrected chi connectivity index (χ0v) is 18.2. The molecule has 3 heteroatoms. The first-order chi connectivity index (χ1) is 12.9. The smallest absolute Gasteiger partial charge is 0.261 e. The Hall–Kier alpha value is -1.71. The molecular formula is C24H33NOSi. The second-order valence-corrected chi connectivity index (χ2v) is 13.3. The van der Waals surface area contributed by atoms with Crippen LogP contribution in [0, 0.1) is 17.2 Å². The van der Waals surface area contributed by atoms with E-state index in [1.54, 1.807) is 0 Å². The first kappa shape index (κ1) is 20.0. The zero-order valence-electron chi connectivity index (χ0n) is 17.2. The molecule has 1 fully saturated rings. The lowest BCUT2D eigenvalue weighted by molar-refractivity contribution is 0.223. The van der Waals surface area contributed by atoms with Gasteiger partial charge in [-0.05, 0) is 41.1 Å². The molecule has 0 saturated heterocycles. The van der Waals surface area contributed by atoms with Crippen molar-refractivity contribution in [2.24, 2.45) is 11.8 Å². The normalized spacial score (nSPS) is 20.6. The van der Waals surface area contributed by atoms with Gasteiger partial charge in [0.2, 0.25) is 0 Å². The fraction of sp³-hybridized carbons (Fsp3) is 0.458. The highest BCUT2D eigenvalue weighted by atomic mass is 28.4. The summed E-state index contributed by atoms with van der Waals surface area (Å²) in [5.41, 5.74) is 0.823. The molecule has 1 aliphatic carbocycles. The fourth-order valence-electron chi connectivity index (χ4n) is 4.80. The van der Waals surface area contributed by atoms with E-state index >= 15 is 0 Å². The first-order valence-corrected chi connectivity index (χ1v) is 12.1. The van der Waals surface area contributed by atoms with E-state index in [2.05, 4.69) is 81.4 Å². The summed E-state index contributed by atoms with van der Waals surface area (Å²) in [5.74, 6) is 0.868. The summed E-state index contributed by atoms with van der Waals surface area (Å²) >= 11 is 0. The van der Waals surface area contributed by atoms with Gasteiger partial charge in [-0.1, -0.05) is 87.9 Å². The van der Waals surface area contributed by atoms with Crippen molar-refractivity contribution in [2.45, 2.75) is 52.0 Å². The van der Waals surface area contributed by atoms with E-state index in [9.17, 15) is 0 Å². The number of hydrogen-bond acceptors (Lipinski definition) is 2. The molecule has 2 aromatic rings. The Morgan fingerprint density at radius 3 is 1.93 bits per heavy atom. The van der Waals surface area contributed by atoms with Gasteiger partial charge in [0, 0.05) is 18.2 Å². The van der Waals surface area contributed by atoms with Gasteiger partial charge in [0.1, 0.15) is 0 Å². The van der Waals surface area contributed by atoms with Crippen LogP contribution in [0.15, 0.2) is 60.7 Å². The summed E-state index contributed by atoms with van der Waals surface area (Å²) in [4.78, 5) is 0. The molecule has 0 bridgehead atoms. The van der Waals surface area contributed by atoms with Crippen molar-refractivity contribution in [3.05, 3.63) is 60.7 Å². The van der Waals surface area contributed by atoms with Crippen LogP contribution in [0.5, 0.6) is 0 Å². The van der Waals surface area contributed by atoms with Crippen LogP contribution in [0.4, 0.5) is 0 Å². The Kier molecular flexibility index (Phi) is 6.02. The summed E-state index contributed by atoms with van der Waals surface area (Å²) in [7, 11) is -2.45. The minimum atomic E-state index is -2.45. The molecule has 2 aromatic carbocycles. The molecule has 0 amide bonds. The zero-order chi connectivity index (χ0) is 19.5. The summed E-state index contributed by atoms with van der Waals surface area (Å²) in [6.07, 6.45) is 3.54. The quantitative estimate of drug-likeness (QED) is 0.555. The van der Waals surface area contributed by atoms with E-state index in [0.717, 1.165) is 18.7 Å². The predicted octanol–water partition coefficient (Wildman–Crippen LogP) is 5.02. The standard InChI is InChI=1S/C24H33NOSi/c1-19(25)23-17-11-12-20(23)18-26-27(24(2,3)4,21-13-7-5-8-14-21)22-15-9-6-10-16-22/h5-10,13-16,20,23,25H,11-12,17-18H2,1-4H3. The van der Waals surface area contributed by atoms with Gasteiger partial charge in [-0.3, -0.25) is 0 Å². The maximum Gasteiger partial charge on any atom is 0.261 e. The lowest BCUT2D eigenvalue weighted by Crippen LogP contribution is -2.67. The van der Waals surface area contributed by atoms with Crippen LogP contribution in [0.1, 0.15) is 47.0 Å². The topological polar surface area (TPSA) is 33.1 Å². The molecule has 144 valence electrons. The lowest BCUT2D eigenvalue weighted by atomic mass is 9.93. The van der Waals surface area contributed by atoms with Crippen LogP contribution >= 0.6 is 0 Å². The van der Waals surface area contributed by atoms with Crippen molar-refractivity contribution in [1.82, 2.24) is 0 Å². The molecule has 27 heavy (non-hydrogen) atoms. The number of hydrogen-bond donors (Lipinski definition) is 1. The molecule has 2 unspecified atom stereocenters. The Balaban J connectivity index is 2.03. The molecule has 0 aromatic heterocycles. The van der Waals surface area contributed by atoms with E-state index in [1.807, 2.05) is 6.92 Å². The highest BCUT2D eigenvalue weighted by Crippen LogP contribution is 2.39. The monoisotopic (exact) mass is 379 g/mol. The lowest BCUT2D eigenvalue weighted by Gasteiger charge is -2.44. The summed E-state index contributed by atoms with van der Waals surface area (Å²) < 4.78 is 7.07.